The fourth-order valence-corrected chi connectivity index (χ4v) is 1.99. The van der Waals surface area contributed by atoms with Crippen LogP contribution in [0.1, 0.15) is 19.8 Å². The Balaban J connectivity index is 2.54. The lowest BCUT2D eigenvalue weighted by Gasteiger charge is -2.21. The molecule has 0 aromatic heterocycles. The molecule has 1 aromatic carbocycles. The number of nitrogens with one attached hydrogen (secondary N) is 1. The van der Waals surface area contributed by atoms with E-state index in [1.807, 2.05) is 18.2 Å². The molecule has 0 atom stereocenters. The summed E-state index contributed by atoms with van der Waals surface area (Å²) in [6, 6.07) is 7.22. The highest BCUT2D eigenvalue weighted by molar-refractivity contribution is 5.92. The van der Waals surface area contributed by atoms with Crippen LogP contribution in [-0.2, 0) is 14.3 Å². The second-order valence-corrected chi connectivity index (χ2v) is 4.82. The summed E-state index contributed by atoms with van der Waals surface area (Å²) < 4.78 is 10.1. The van der Waals surface area contributed by atoms with Crippen LogP contribution in [0.3, 0.4) is 0 Å². The van der Waals surface area contributed by atoms with Crippen molar-refractivity contribution in [2.45, 2.75) is 19.8 Å². The highest BCUT2D eigenvalue weighted by atomic mass is 16.5. The van der Waals surface area contributed by atoms with E-state index in [4.69, 9.17) is 9.47 Å². The van der Waals surface area contributed by atoms with E-state index < -0.39 is 0 Å². The number of rotatable bonds is 9. The molecule has 0 heterocycles. The van der Waals surface area contributed by atoms with Crippen LogP contribution >= 0.6 is 0 Å². The molecule has 122 valence electrons. The van der Waals surface area contributed by atoms with Crippen LogP contribution < -0.4 is 15.0 Å². The van der Waals surface area contributed by atoms with Gasteiger partial charge in [-0.05, 0) is 18.6 Å². The maximum absolute atomic E-state index is 11.8. The topological polar surface area (TPSA) is 67.9 Å². The molecule has 0 bridgehead atoms. The van der Waals surface area contributed by atoms with Crippen LogP contribution in [0.2, 0.25) is 0 Å². The van der Waals surface area contributed by atoms with E-state index in [1.165, 1.54) is 6.92 Å². The summed E-state index contributed by atoms with van der Waals surface area (Å²) in [6.45, 7) is 3.00. The smallest absolute Gasteiger partial charge is 0.223 e. The van der Waals surface area contributed by atoms with Crippen molar-refractivity contribution < 1.29 is 19.1 Å². The van der Waals surface area contributed by atoms with Crippen LogP contribution in [0, 0.1) is 0 Å². The monoisotopic (exact) mass is 308 g/mol. The molecule has 1 rings (SSSR count). The van der Waals surface area contributed by atoms with Gasteiger partial charge in [0.1, 0.15) is 5.75 Å². The maximum Gasteiger partial charge on any atom is 0.223 e. The van der Waals surface area contributed by atoms with Crippen molar-refractivity contribution in [3.63, 3.8) is 0 Å². The SMILES string of the molecule is COCCCNC(=O)CCN(C(C)=O)c1cccc(OC)c1. The molecule has 0 saturated carbocycles. The van der Waals surface area contributed by atoms with Gasteiger partial charge in [-0.3, -0.25) is 9.59 Å². The minimum absolute atomic E-state index is 0.0785. The predicted molar refractivity (Wildman–Crippen MR) is 85.1 cm³/mol. The molecule has 0 fully saturated rings. The standard InChI is InChI=1S/C16H24N2O4/c1-13(19)18(14-6-4-7-15(12-14)22-3)10-8-16(20)17-9-5-11-21-2/h4,6-7,12H,5,8-11H2,1-3H3,(H,17,20). The lowest BCUT2D eigenvalue weighted by molar-refractivity contribution is -0.121. The Bertz CT molecular complexity index is 491. The first-order valence-corrected chi connectivity index (χ1v) is 7.26. The number of hydrogen-bond donors (Lipinski definition) is 1. The highest BCUT2D eigenvalue weighted by Gasteiger charge is 2.13. The molecule has 0 aliphatic heterocycles. The number of benzene rings is 1. The van der Waals surface area contributed by atoms with E-state index in [0.29, 0.717) is 25.4 Å². The molecular formula is C16H24N2O4. The average molecular weight is 308 g/mol. The Morgan fingerprint density at radius 1 is 1.27 bits per heavy atom. The quantitative estimate of drug-likeness (QED) is 0.704. The molecule has 6 nitrogen and oxygen atoms in total. The van der Waals surface area contributed by atoms with Crippen molar-refractivity contribution >= 4 is 17.5 Å². The van der Waals surface area contributed by atoms with Crippen molar-refractivity contribution in [1.82, 2.24) is 5.32 Å². The van der Waals surface area contributed by atoms with Crippen LogP contribution in [0.15, 0.2) is 24.3 Å². The number of carbonyl (C=O) groups is 2. The second kappa shape index (κ2) is 9.78. The molecule has 0 aliphatic carbocycles. The number of anilines is 1. The van der Waals surface area contributed by atoms with Crippen LogP contribution in [0.25, 0.3) is 0 Å². The Labute approximate surface area is 131 Å². The number of carbonyl (C=O) groups excluding carboxylic acids is 2. The van der Waals surface area contributed by atoms with Crippen molar-refractivity contribution in [3.05, 3.63) is 24.3 Å². The van der Waals surface area contributed by atoms with Crippen LogP contribution in [0.5, 0.6) is 5.75 Å². The van der Waals surface area contributed by atoms with Gasteiger partial charge < -0.3 is 19.7 Å². The van der Waals surface area contributed by atoms with E-state index >= 15 is 0 Å². The van der Waals surface area contributed by atoms with Gasteiger partial charge in [-0.2, -0.15) is 0 Å². The number of nitrogens with zero attached hydrogens (tertiary/aromatic N) is 1. The van der Waals surface area contributed by atoms with Crippen molar-refractivity contribution in [3.8, 4) is 5.75 Å². The summed E-state index contributed by atoms with van der Waals surface area (Å²) in [5.74, 6) is 0.485. The molecule has 0 saturated heterocycles. The molecule has 22 heavy (non-hydrogen) atoms. The van der Waals surface area contributed by atoms with Crippen LogP contribution in [0.4, 0.5) is 5.69 Å². The fraction of sp³-hybridized carbons (Fsp3) is 0.500. The summed E-state index contributed by atoms with van der Waals surface area (Å²) in [5.41, 5.74) is 0.721. The first-order chi connectivity index (χ1) is 10.6. The summed E-state index contributed by atoms with van der Waals surface area (Å²) in [4.78, 5) is 25.1. The number of methoxy groups -OCH3 is 2. The second-order valence-electron chi connectivity index (χ2n) is 4.82. The minimum Gasteiger partial charge on any atom is -0.497 e. The molecule has 0 radical (unpaired) electrons. The zero-order valence-corrected chi connectivity index (χ0v) is 13.4. The average Bonchev–Trinajstić information content (AvgIpc) is 2.51. The summed E-state index contributed by atoms with van der Waals surface area (Å²) in [5, 5.41) is 2.80. The minimum atomic E-state index is -0.111. The zero-order valence-electron chi connectivity index (χ0n) is 13.4. The van der Waals surface area contributed by atoms with Gasteiger partial charge in [0.25, 0.3) is 0 Å². The number of hydrogen-bond acceptors (Lipinski definition) is 4. The summed E-state index contributed by atoms with van der Waals surface area (Å²) in [6.07, 6.45) is 1.03. The van der Waals surface area contributed by atoms with Crippen molar-refractivity contribution in [1.29, 1.82) is 0 Å². The molecule has 0 unspecified atom stereocenters. The Morgan fingerprint density at radius 3 is 2.68 bits per heavy atom. The lowest BCUT2D eigenvalue weighted by Crippen LogP contribution is -2.34. The van der Waals surface area contributed by atoms with E-state index in [2.05, 4.69) is 5.32 Å². The Kier molecular flexibility index (Phi) is 7.99. The number of ether oxygens (including phenoxy) is 2. The van der Waals surface area contributed by atoms with E-state index in [-0.39, 0.29) is 18.2 Å². The molecule has 1 aromatic rings. The van der Waals surface area contributed by atoms with Crippen LogP contribution in [-0.4, -0.2) is 45.7 Å². The highest BCUT2D eigenvalue weighted by Crippen LogP contribution is 2.21. The van der Waals surface area contributed by atoms with E-state index in [1.54, 1.807) is 25.2 Å². The lowest BCUT2D eigenvalue weighted by atomic mass is 10.2. The first kappa shape index (κ1) is 18.0. The largest absolute Gasteiger partial charge is 0.497 e. The third-order valence-electron chi connectivity index (χ3n) is 3.15. The number of amides is 2. The fourth-order valence-electron chi connectivity index (χ4n) is 1.99. The van der Waals surface area contributed by atoms with Crippen molar-refractivity contribution in [2.24, 2.45) is 0 Å². The summed E-state index contributed by atoms with van der Waals surface area (Å²) in [7, 11) is 3.20. The zero-order chi connectivity index (χ0) is 16.4. The molecule has 6 heteroatoms. The predicted octanol–water partition coefficient (Wildman–Crippen LogP) is 1.59. The van der Waals surface area contributed by atoms with Gasteiger partial charge in [0.15, 0.2) is 0 Å². The van der Waals surface area contributed by atoms with Gasteiger partial charge in [-0.25, -0.2) is 0 Å². The van der Waals surface area contributed by atoms with E-state index in [9.17, 15) is 9.59 Å². The third-order valence-corrected chi connectivity index (χ3v) is 3.15. The van der Waals surface area contributed by atoms with Gasteiger partial charge in [-0.15, -0.1) is 0 Å². The molecule has 0 aliphatic rings. The van der Waals surface area contributed by atoms with Gasteiger partial charge in [-0.1, -0.05) is 6.07 Å². The Morgan fingerprint density at radius 2 is 2.05 bits per heavy atom. The van der Waals surface area contributed by atoms with Gasteiger partial charge >= 0.3 is 0 Å². The molecule has 0 spiro atoms. The maximum atomic E-state index is 11.8. The van der Waals surface area contributed by atoms with E-state index in [0.717, 1.165) is 12.1 Å². The molecule has 2 amide bonds. The van der Waals surface area contributed by atoms with Gasteiger partial charge in [0, 0.05) is 51.9 Å². The first-order valence-electron chi connectivity index (χ1n) is 7.26. The van der Waals surface area contributed by atoms with Gasteiger partial charge in [0.05, 0.1) is 7.11 Å². The molecule has 1 N–H and O–H groups in total. The summed E-state index contributed by atoms with van der Waals surface area (Å²) >= 11 is 0. The normalized spacial score (nSPS) is 10.1. The van der Waals surface area contributed by atoms with Crippen molar-refractivity contribution in [2.75, 3.05) is 38.8 Å². The van der Waals surface area contributed by atoms with Gasteiger partial charge in [0.2, 0.25) is 11.8 Å². The third kappa shape index (κ3) is 6.13. The molecular weight excluding hydrogens is 284 g/mol. The Hall–Kier alpha value is -2.08.